The van der Waals surface area contributed by atoms with E-state index in [9.17, 15) is 15.3 Å². The molecule has 6 atom stereocenters. The number of allylic oxidation sites excluding steroid dienone is 3. The molecule has 0 radical (unpaired) electrons. The summed E-state index contributed by atoms with van der Waals surface area (Å²) in [5, 5.41) is 30.1. The molecule has 0 unspecified atom stereocenters. The van der Waals surface area contributed by atoms with Gasteiger partial charge in [0, 0.05) is 13.0 Å². The highest BCUT2D eigenvalue weighted by Gasteiger charge is 2.51. The maximum atomic E-state index is 10.1. The van der Waals surface area contributed by atoms with Gasteiger partial charge in [0.15, 0.2) is 0 Å². The van der Waals surface area contributed by atoms with Crippen LogP contribution in [0.15, 0.2) is 35.5 Å². The Morgan fingerprint density at radius 2 is 2.00 bits per heavy atom. The molecule has 3 aliphatic carbocycles. The summed E-state index contributed by atoms with van der Waals surface area (Å²) in [6.07, 6.45) is 11.0. The number of hydrogen-bond donors (Lipinski definition) is 3. The molecule has 0 aromatic rings. The van der Waals surface area contributed by atoms with Gasteiger partial charge in [-0.15, -0.1) is 0 Å². The predicted molar refractivity (Wildman–Crippen MR) is 121 cm³/mol. The van der Waals surface area contributed by atoms with Crippen molar-refractivity contribution in [1.82, 2.24) is 0 Å². The van der Waals surface area contributed by atoms with Crippen molar-refractivity contribution in [2.45, 2.75) is 103 Å². The first-order chi connectivity index (χ1) is 14.0. The Morgan fingerprint density at radius 3 is 2.70 bits per heavy atom. The maximum Gasteiger partial charge on any atom is 0.0811 e. The average molecular weight is 419 g/mol. The molecule has 30 heavy (non-hydrogen) atoms. The van der Waals surface area contributed by atoms with E-state index in [1.165, 1.54) is 31.3 Å². The second-order valence-electron chi connectivity index (χ2n) is 10.8. The third-order valence-corrected chi connectivity index (χ3v) is 7.96. The van der Waals surface area contributed by atoms with Crippen molar-refractivity contribution in [2.75, 3.05) is 6.61 Å². The molecule has 0 heterocycles. The van der Waals surface area contributed by atoms with E-state index in [1.807, 2.05) is 13.8 Å². The minimum atomic E-state index is -0.680. The first-order valence-corrected chi connectivity index (χ1v) is 11.8. The monoisotopic (exact) mass is 418 g/mol. The third-order valence-electron chi connectivity index (χ3n) is 7.96. The molecule has 0 spiro atoms. The summed E-state index contributed by atoms with van der Waals surface area (Å²) in [4.78, 5) is 0. The Kier molecular flexibility index (Phi) is 7.33. The number of fused-ring (bicyclic) bond motifs is 1. The number of hydrogen-bond acceptors (Lipinski definition) is 4. The molecule has 3 N–H and O–H groups in total. The van der Waals surface area contributed by atoms with Crippen molar-refractivity contribution in [3.63, 3.8) is 0 Å². The second-order valence-corrected chi connectivity index (χ2v) is 10.8. The molecule has 0 aromatic carbocycles. The summed E-state index contributed by atoms with van der Waals surface area (Å²) in [6.45, 7) is 13.0. The van der Waals surface area contributed by atoms with E-state index in [4.69, 9.17) is 4.74 Å². The molecular weight excluding hydrogens is 376 g/mol. The Hall–Kier alpha value is -0.940. The van der Waals surface area contributed by atoms with Crippen LogP contribution in [-0.2, 0) is 4.74 Å². The number of aliphatic hydroxyl groups excluding tert-OH is 2. The van der Waals surface area contributed by atoms with Crippen molar-refractivity contribution >= 4 is 0 Å². The molecule has 3 aliphatic rings. The van der Waals surface area contributed by atoms with Gasteiger partial charge in [0.1, 0.15) is 0 Å². The minimum absolute atomic E-state index is 0.198. The van der Waals surface area contributed by atoms with Crippen LogP contribution < -0.4 is 0 Å². The summed E-state index contributed by atoms with van der Waals surface area (Å²) >= 11 is 0. The van der Waals surface area contributed by atoms with Gasteiger partial charge in [-0.05, 0) is 94.1 Å². The second kappa shape index (κ2) is 9.28. The molecule has 170 valence electrons. The smallest absolute Gasteiger partial charge is 0.0811 e. The lowest BCUT2D eigenvalue weighted by Gasteiger charge is -2.44. The molecule has 4 nitrogen and oxygen atoms in total. The van der Waals surface area contributed by atoms with Gasteiger partial charge < -0.3 is 20.1 Å². The van der Waals surface area contributed by atoms with Gasteiger partial charge in [-0.3, -0.25) is 0 Å². The summed E-state index contributed by atoms with van der Waals surface area (Å²) in [6, 6.07) is 0. The zero-order valence-corrected chi connectivity index (χ0v) is 19.4. The average Bonchev–Trinajstić information content (AvgIpc) is 3.00. The lowest BCUT2D eigenvalue weighted by molar-refractivity contribution is -0.0454. The van der Waals surface area contributed by atoms with Crippen LogP contribution in [0, 0.1) is 17.3 Å². The van der Waals surface area contributed by atoms with Gasteiger partial charge in [-0.25, -0.2) is 0 Å². The van der Waals surface area contributed by atoms with Gasteiger partial charge in [-0.2, -0.15) is 0 Å². The molecule has 3 fully saturated rings. The van der Waals surface area contributed by atoms with Crippen LogP contribution in [0.25, 0.3) is 0 Å². The standard InChI is InChI=1S/C26H42O4/c1-17-20(15-21(27)16-24(17)28)9-8-19-7-6-12-26(5)22(10-11-23(19)26)18(2)30-14-13-25(3,4)29/h8-9,18,21-24,27-29H,1,6-7,10-16H2,2-5H3/b19-8+,20-9+/t18-,21-,22-,23+,24+,26-/m1/s1. The van der Waals surface area contributed by atoms with E-state index in [-0.39, 0.29) is 11.5 Å². The van der Waals surface area contributed by atoms with E-state index in [0.717, 1.165) is 17.6 Å². The van der Waals surface area contributed by atoms with Crippen LogP contribution in [0.3, 0.4) is 0 Å². The summed E-state index contributed by atoms with van der Waals surface area (Å²) in [5.74, 6) is 1.11. The summed E-state index contributed by atoms with van der Waals surface area (Å²) in [5.41, 5.74) is 2.82. The zero-order chi connectivity index (χ0) is 22.1. The Balaban J connectivity index is 1.70. The van der Waals surface area contributed by atoms with Crippen molar-refractivity contribution in [3.05, 3.63) is 35.5 Å². The molecule has 0 aromatic heterocycles. The lowest BCUT2D eigenvalue weighted by atomic mass is 9.62. The van der Waals surface area contributed by atoms with Crippen molar-refractivity contribution in [2.24, 2.45) is 17.3 Å². The van der Waals surface area contributed by atoms with Crippen LogP contribution >= 0.6 is 0 Å². The number of rotatable bonds is 6. The Labute approximate surface area is 182 Å². The SMILES string of the molecule is C=C1/C(=C/C=C2\CCC[C@]3(C)[C@@H]([C@@H](C)OCCC(C)(C)O)CC[C@@H]23)C[C@@H](O)C[C@@H]1O. The lowest BCUT2D eigenvalue weighted by Crippen LogP contribution is -2.39. The van der Waals surface area contributed by atoms with Crippen molar-refractivity contribution in [1.29, 1.82) is 0 Å². The van der Waals surface area contributed by atoms with Crippen LogP contribution in [0.2, 0.25) is 0 Å². The van der Waals surface area contributed by atoms with E-state index in [0.29, 0.717) is 37.7 Å². The van der Waals surface area contributed by atoms with E-state index in [2.05, 4.69) is 32.6 Å². The van der Waals surface area contributed by atoms with Crippen LogP contribution in [0.4, 0.5) is 0 Å². The Bertz CT molecular complexity index is 686. The molecule has 4 heteroatoms. The molecule has 0 amide bonds. The summed E-state index contributed by atoms with van der Waals surface area (Å²) in [7, 11) is 0. The quantitative estimate of drug-likeness (QED) is 0.585. The molecule has 0 bridgehead atoms. The van der Waals surface area contributed by atoms with E-state index in [1.54, 1.807) is 0 Å². The first-order valence-electron chi connectivity index (χ1n) is 11.8. The molecule has 0 aliphatic heterocycles. The maximum absolute atomic E-state index is 10.1. The molecule has 3 saturated carbocycles. The van der Waals surface area contributed by atoms with Crippen LogP contribution in [0.5, 0.6) is 0 Å². The highest BCUT2D eigenvalue weighted by atomic mass is 16.5. The third kappa shape index (κ3) is 5.27. The highest BCUT2D eigenvalue weighted by molar-refractivity contribution is 5.38. The van der Waals surface area contributed by atoms with Crippen molar-refractivity contribution < 1.29 is 20.1 Å². The first kappa shape index (κ1) is 23.7. The van der Waals surface area contributed by atoms with Crippen LogP contribution in [0.1, 0.15) is 79.1 Å². The topological polar surface area (TPSA) is 69.9 Å². The van der Waals surface area contributed by atoms with E-state index >= 15 is 0 Å². The van der Waals surface area contributed by atoms with Gasteiger partial charge in [0.2, 0.25) is 0 Å². The van der Waals surface area contributed by atoms with Gasteiger partial charge in [-0.1, -0.05) is 31.2 Å². The molecular formula is C26H42O4. The van der Waals surface area contributed by atoms with E-state index < -0.39 is 17.8 Å². The Morgan fingerprint density at radius 1 is 1.27 bits per heavy atom. The minimum Gasteiger partial charge on any atom is -0.393 e. The number of aliphatic hydroxyl groups is 3. The molecule has 0 saturated heterocycles. The largest absolute Gasteiger partial charge is 0.393 e. The normalized spacial score (nSPS) is 38.8. The fraction of sp³-hybridized carbons (Fsp3) is 0.769. The zero-order valence-electron chi connectivity index (χ0n) is 19.4. The fourth-order valence-corrected chi connectivity index (χ4v) is 6.13. The molecule has 3 rings (SSSR count). The van der Waals surface area contributed by atoms with Crippen molar-refractivity contribution in [3.8, 4) is 0 Å². The fourth-order valence-electron chi connectivity index (χ4n) is 6.13. The summed E-state index contributed by atoms with van der Waals surface area (Å²) < 4.78 is 6.19. The number of ether oxygens (including phenoxy) is 1. The van der Waals surface area contributed by atoms with Gasteiger partial charge >= 0.3 is 0 Å². The van der Waals surface area contributed by atoms with Gasteiger partial charge in [0.25, 0.3) is 0 Å². The van der Waals surface area contributed by atoms with Crippen LogP contribution in [-0.4, -0.2) is 45.8 Å². The highest BCUT2D eigenvalue weighted by Crippen LogP contribution is 2.58. The van der Waals surface area contributed by atoms with Gasteiger partial charge in [0.05, 0.1) is 23.9 Å². The predicted octanol–water partition coefficient (Wildman–Crippen LogP) is 4.69.